The lowest BCUT2D eigenvalue weighted by atomic mass is 10.0. The number of nitrogens with zero attached hydrogens (tertiary/aromatic N) is 2. The van der Waals surface area contributed by atoms with Crippen LogP contribution in [0, 0.1) is 0 Å². The van der Waals surface area contributed by atoms with Crippen molar-refractivity contribution in [1.82, 2.24) is 8.61 Å². The van der Waals surface area contributed by atoms with Crippen molar-refractivity contribution in [3.8, 4) is 11.1 Å². The van der Waals surface area contributed by atoms with Gasteiger partial charge in [0, 0.05) is 30.9 Å². The number of amides is 1. The molecule has 1 heterocycles. The molecular weight excluding hydrogens is 534 g/mol. The van der Waals surface area contributed by atoms with E-state index < -0.39 is 32.0 Å². The van der Waals surface area contributed by atoms with E-state index in [1.54, 1.807) is 48.5 Å². The van der Waals surface area contributed by atoms with Gasteiger partial charge in [-0.15, -0.1) is 0 Å². The molecule has 1 N–H and O–H groups in total. The van der Waals surface area contributed by atoms with E-state index in [1.807, 2.05) is 42.5 Å². The number of para-hydroxylation sites is 1. The Morgan fingerprint density at radius 1 is 0.641 bits per heavy atom. The number of rotatable bonds is 7. The first-order valence-corrected chi connectivity index (χ1v) is 15.2. The van der Waals surface area contributed by atoms with Gasteiger partial charge in [0.15, 0.2) is 0 Å². The summed E-state index contributed by atoms with van der Waals surface area (Å²) in [4.78, 5) is 13.9. The lowest BCUT2D eigenvalue weighted by Gasteiger charge is -2.39. The number of piperazine rings is 1. The number of anilines is 1. The number of hydrogen-bond acceptors (Lipinski definition) is 5. The Labute approximate surface area is 228 Å². The zero-order valence-corrected chi connectivity index (χ0v) is 22.6. The Hall–Kier alpha value is -3.83. The normalized spacial score (nSPS) is 17.0. The van der Waals surface area contributed by atoms with Crippen molar-refractivity contribution in [1.29, 1.82) is 0 Å². The first-order valence-electron chi connectivity index (χ1n) is 12.4. The molecule has 4 aromatic rings. The number of carbonyl (C=O) groups is 1. The van der Waals surface area contributed by atoms with Gasteiger partial charge in [0.1, 0.15) is 6.04 Å². The predicted molar refractivity (Wildman–Crippen MR) is 150 cm³/mol. The fourth-order valence-electron chi connectivity index (χ4n) is 4.61. The average molecular weight is 562 g/mol. The molecule has 1 unspecified atom stereocenters. The highest BCUT2D eigenvalue weighted by atomic mass is 32.2. The molecule has 5 rings (SSSR count). The third-order valence-electron chi connectivity index (χ3n) is 6.60. The molecule has 0 bridgehead atoms. The smallest absolute Gasteiger partial charge is 0.244 e. The zero-order chi connectivity index (χ0) is 27.5. The second kappa shape index (κ2) is 11.1. The number of sulfonamides is 2. The quantitative estimate of drug-likeness (QED) is 0.367. The molecule has 1 amide bonds. The topological polar surface area (TPSA) is 104 Å². The van der Waals surface area contributed by atoms with E-state index in [9.17, 15) is 21.6 Å². The Bertz CT molecular complexity index is 1660. The summed E-state index contributed by atoms with van der Waals surface area (Å²) in [6.45, 7) is -0.599. The SMILES string of the molecule is O=C(Nc1ccccc1-c1ccccc1)C1CN(S(=O)(=O)c2ccccc2)CCN1S(=O)(=O)c1ccccc1. The molecule has 1 fully saturated rings. The van der Waals surface area contributed by atoms with Gasteiger partial charge in [0.2, 0.25) is 26.0 Å². The third-order valence-corrected chi connectivity index (χ3v) is 10.4. The van der Waals surface area contributed by atoms with Crippen LogP contribution in [0.25, 0.3) is 11.1 Å². The van der Waals surface area contributed by atoms with Crippen LogP contribution >= 0.6 is 0 Å². The molecule has 4 aromatic carbocycles. The first-order chi connectivity index (χ1) is 18.8. The van der Waals surface area contributed by atoms with E-state index in [2.05, 4.69) is 5.32 Å². The molecule has 0 aliphatic carbocycles. The van der Waals surface area contributed by atoms with Gasteiger partial charge in [-0.25, -0.2) is 16.8 Å². The van der Waals surface area contributed by atoms with Crippen LogP contribution < -0.4 is 5.32 Å². The summed E-state index contributed by atoms with van der Waals surface area (Å²) in [5, 5.41) is 2.88. The van der Waals surface area contributed by atoms with Gasteiger partial charge in [-0.2, -0.15) is 8.61 Å². The molecule has 0 aromatic heterocycles. The van der Waals surface area contributed by atoms with Crippen LogP contribution in [-0.2, 0) is 24.8 Å². The van der Waals surface area contributed by atoms with E-state index in [0.717, 1.165) is 15.4 Å². The maximum absolute atomic E-state index is 13.8. The maximum atomic E-state index is 13.8. The van der Waals surface area contributed by atoms with Crippen LogP contribution in [0.1, 0.15) is 0 Å². The van der Waals surface area contributed by atoms with E-state index in [0.29, 0.717) is 5.69 Å². The molecule has 0 saturated carbocycles. The van der Waals surface area contributed by atoms with Gasteiger partial charge >= 0.3 is 0 Å². The number of hydrogen-bond donors (Lipinski definition) is 1. The van der Waals surface area contributed by atoms with Crippen molar-refractivity contribution in [2.45, 2.75) is 15.8 Å². The van der Waals surface area contributed by atoms with Crippen molar-refractivity contribution in [2.75, 3.05) is 25.0 Å². The summed E-state index contributed by atoms with van der Waals surface area (Å²) in [6.07, 6.45) is 0. The highest BCUT2D eigenvalue weighted by Crippen LogP contribution is 2.30. The minimum atomic E-state index is -4.09. The summed E-state index contributed by atoms with van der Waals surface area (Å²) in [6, 6.07) is 31.1. The van der Waals surface area contributed by atoms with Crippen molar-refractivity contribution >= 4 is 31.6 Å². The molecule has 1 atom stereocenters. The number of carbonyl (C=O) groups excluding carboxylic acids is 1. The summed E-state index contributed by atoms with van der Waals surface area (Å²) in [5.74, 6) is -0.620. The van der Waals surface area contributed by atoms with Gasteiger partial charge in [-0.05, 0) is 35.9 Å². The standard InChI is InChI=1S/C29H27N3O5S2/c33-29(30-27-19-11-10-18-26(27)23-12-4-1-5-13-23)28-22-31(38(34,35)24-14-6-2-7-15-24)20-21-32(28)39(36,37)25-16-8-3-9-17-25/h1-19,28H,20-22H2,(H,30,33). The van der Waals surface area contributed by atoms with Crippen LogP contribution in [0.3, 0.4) is 0 Å². The Morgan fingerprint density at radius 3 is 1.77 bits per heavy atom. The van der Waals surface area contributed by atoms with Crippen molar-refractivity contribution in [2.24, 2.45) is 0 Å². The monoisotopic (exact) mass is 561 g/mol. The van der Waals surface area contributed by atoms with Crippen molar-refractivity contribution in [3.05, 3.63) is 115 Å². The van der Waals surface area contributed by atoms with Crippen LogP contribution in [0.2, 0.25) is 0 Å². The Kier molecular flexibility index (Phi) is 7.62. The summed E-state index contributed by atoms with van der Waals surface area (Å²) < 4.78 is 56.4. The number of benzene rings is 4. The molecule has 1 aliphatic heterocycles. The van der Waals surface area contributed by atoms with Crippen LogP contribution in [0.5, 0.6) is 0 Å². The average Bonchev–Trinajstić information content (AvgIpc) is 2.98. The van der Waals surface area contributed by atoms with Crippen LogP contribution in [0.4, 0.5) is 5.69 Å². The van der Waals surface area contributed by atoms with E-state index in [-0.39, 0.29) is 29.4 Å². The molecular formula is C29H27N3O5S2. The highest BCUT2D eigenvalue weighted by Gasteiger charge is 2.43. The molecule has 8 nitrogen and oxygen atoms in total. The van der Waals surface area contributed by atoms with Crippen molar-refractivity contribution < 1.29 is 21.6 Å². The molecule has 0 spiro atoms. The molecule has 39 heavy (non-hydrogen) atoms. The molecule has 200 valence electrons. The van der Waals surface area contributed by atoms with Crippen molar-refractivity contribution in [3.63, 3.8) is 0 Å². The lowest BCUT2D eigenvalue weighted by molar-refractivity contribution is -0.120. The Balaban J connectivity index is 1.51. The second-order valence-electron chi connectivity index (χ2n) is 9.02. The van der Waals surface area contributed by atoms with Gasteiger partial charge in [0.05, 0.1) is 9.79 Å². The summed E-state index contributed by atoms with van der Waals surface area (Å²) >= 11 is 0. The molecule has 10 heteroatoms. The van der Waals surface area contributed by atoms with Crippen LogP contribution in [0.15, 0.2) is 125 Å². The number of nitrogens with one attached hydrogen (secondary N) is 1. The summed E-state index contributed by atoms with van der Waals surface area (Å²) in [7, 11) is -8.05. The molecule has 0 radical (unpaired) electrons. The van der Waals surface area contributed by atoms with Gasteiger partial charge in [-0.1, -0.05) is 84.9 Å². The maximum Gasteiger partial charge on any atom is 0.244 e. The Morgan fingerprint density at radius 2 is 1.15 bits per heavy atom. The summed E-state index contributed by atoms with van der Waals surface area (Å²) in [5.41, 5.74) is 2.13. The minimum absolute atomic E-state index is 0.0341. The zero-order valence-electron chi connectivity index (χ0n) is 20.9. The molecule has 1 aliphatic rings. The molecule has 1 saturated heterocycles. The largest absolute Gasteiger partial charge is 0.324 e. The van der Waals surface area contributed by atoms with E-state index in [4.69, 9.17) is 0 Å². The minimum Gasteiger partial charge on any atom is -0.324 e. The van der Waals surface area contributed by atoms with E-state index in [1.165, 1.54) is 28.6 Å². The fourth-order valence-corrected chi connectivity index (χ4v) is 7.66. The van der Waals surface area contributed by atoms with Gasteiger partial charge < -0.3 is 5.32 Å². The van der Waals surface area contributed by atoms with Crippen LogP contribution in [-0.4, -0.2) is 57.0 Å². The lowest BCUT2D eigenvalue weighted by Crippen LogP contribution is -2.60. The first kappa shape index (κ1) is 26.8. The predicted octanol–water partition coefficient (Wildman–Crippen LogP) is 4.06. The third kappa shape index (κ3) is 5.50. The van der Waals surface area contributed by atoms with E-state index >= 15 is 0 Å². The fraction of sp³-hybridized carbons (Fsp3) is 0.138. The highest BCUT2D eigenvalue weighted by molar-refractivity contribution is 7.89. The van der Waals surface area contributed by atoms with Gasteiger partial charge in [0.25, 0.3) is 0 Å². The van der Waals surface area contributed by atoms with Gasteiger partial charge in [-0.3, -0.25) is 4.79 Å². The second-order valence-corrected chi connectivity index (χ2v) is 12.9.